The lowest BCUT2D eigenvalue weighted by atomic mass is 10.1. The molecule has 0 bridgehead atoms. The van der Waals surface area contributed by atoms with Gasteiger partial charge in [-0.25, -0.2) is 8.42 Å². The molecule has 0 aromatic heterocycles. The van der Waals surface area contributed by atoms with Crippen molar-refractivity contribution < 1.29 is 17.9 Å². The van der Waals surface area contributed by atoms with E-state index in [1.807, 2.05) is 0 Å². The average molecular weight is 348 g/mol. The topological polar surface area (TPSA) is 84.5 Å². The Kier molecular flexibility index (Phi) is 5.81. The van der Waals surface area contributed by atoms with Gasteiger partial charge in [0.2, 0.25) is 5.91 Å². The molecule has 0 radical (unpaired) electrons. The van der Waals surface area contributed by atoms with Gasteiger partial charge in [-0.15, -0.1) is 0 Å². The first-order valence-electron chi connectivity index (χ1n) is 7.41. The number of nitrogens with one attached hydrogen (secondary N) is 2. The molecule has 0 aliphatic carbocycles. The smallest absolute Gasteiger partial charge is 0.262 e. The summed E-state index contributed by atoms with van der Waals surface area (Å²) in [6.45, 7) is 1.97. The van der Waals surface area contributed by atoms with Gasteiger partial charge in [0, 0.05) is 13.5 Å². The predicted molar refractivity (Wildman–Crippen MR) is 92.6 cm³/mol. The summed E-state index contributed by atoms with van der Waals surface area (Å²) < 4.78 is 32.6. The molecule has 2 aromatic carbocycles. The number of hydrogen-bond acceptors (Lipinski definition) is 4. The average Bonchev–Trinajstić information content (AvgIpc) is 2.55. The lowest BCUT2D eigenvalue weighted by Gasteiger charge is -2.12. The van der Waals surface area contributed by atoms with Gasteiger partial charge >= 0.3 is 0 Å². The van der Waals surface area contributed by atoms with Crippen molar-refractivity contribution in [1.29, 1.82) is 0 Å². The molecule has 0 aliphatic rings. The number of benzene rings is 2. The monoisotopic (exact) mass is 348 g/mol. The molecule has 0 fully saturated rings. The molecule has 24 heavy (non-hydrogen) atoms. The van der Waals surface area contributed by atoms with E-state index in [4.69, 9.17) is 4.74 Å². The summed E-state index contributed by atoms with van der Waals surface area (Å²) in [5.74, 6) is 0.364. The van der Waals surface area contributed by atoms with Crippen LogP contribution in [0.25, 0.3) is 0 Å². The van der Waals surface area contributed by atoms with Crippen LogP contribution in [0.4, 0.5) is 5.69 Å². The van der Waals surface area contributed by atoms with Crippen molar-refractivity contribution in [3.05, 3.63) is 54.1 Å². The second kappa shape index (κ2) is 7.83. The van der Waals surface area contributed by atoms with Gasteiger partial charge in [0.1, 0.15) is 5.75 Å². The fraction of sp³-hybridized carbons (Fsp3) is 0.235. The normalized spacial score (nSPS) is 10.9. The molecular formula is C17H20N2O4S. The van der Waals surface area contributed by atoms with Crippen LogP contribution in [-0.4, -0.2) is 28.0 Å². The Bertz CT molecular complexity index is 802. The maximum atomic E-state index is 12.5. The number of para-hydroxylation sites is 2. The third-order valence-electron chi connectivity index (χ3n) is 3.37. The Morgan fingerprint density at radius 1 is 1.08 bits per heavy atom. The molecule has 6 nitrogen and oxygen atoms in total. The molecule has 128 valence electrons. The maximum Gasteiger partial charge on any atom is 0.262 e. The Balaban J connectivity index is 2.10. The molecule has 0 heterocycles. The van der Waals surface area contributed by atoms with Crippen LogP contribution in [-0.2, 0) is 21.2 Å². The molecule has 0 aliphatic heterocycles. The van der Waals surface area contributed by atoms with E-state index in [2.05, 4.69) is 10.0 Å². The van der Waals surface area contributed by atoms with Crippen molar-refractivity contribution in [3.63, 3.8) is 0 Å². The van der Waals surface area contributed by atoms with Crippen LogP contribution in [0, 0.1) is 0 Å². The molecule has 1 amide bonds. The highest BCUT2D eigenvalue weighted by atomic mass is 32.2. The highest BCUT2D eigenvalue weighted by Crippen LogP contribution is 2.26. The van der Waals surface area contributed by atoms with Crippen molar-refractivity contribution in [2.24, 2.45) is 0 Å². The third kappa shape index (κ3) is 4.73. The van der Waals surface area contributed by atoms with Gasteiger partial charge in [-0.3, -0.25) is 9.52 Å². The highest BCUT2D eigenvalue weighted by Gasteiger charge is 2.16. The van der Waals surface area contributed by atoms with E-state index in [1.165, 1.54) is 14.0 Å². The van der Waals surface area contributed by atoms with Crippen LogP contribution in [0.5, 0.6) is 5.75 Å². The second-order valence-corrected chi connectivity index (χ2v) is 6.87. The Hall–Kier alpha value is -2.54. The van der Waals surface area contributed by atoms with Gasteiger partial charge in [0.25, 0.3) is 10.0 Å². The van der Waals surface area contributed by atoms with E-state index in [0.717, 1.165) is 5.56 Å². The number of carbonyl (C=O) groups excluding carboxylic acids is 1. The number of amides is 1. The quantitative estimate of drug-likeness (QED) is 0.803. The lowest BCUT2D eigenvalue weighted by Crippen LogP contribution is -2.22. The van der Waals surface area contributed by atoms with Gasteiger partial charge in [0.05, 0.1) is 17.7 Å². The molecule has 0 saturated carbocycles. The molecule has 0 unspecified atom stereocenters. The zero-order chi connectivity index (χ0) is 17.6. The van der Waals surface area contributed by atoms with Crippen LogP contribution in [0.15, 0.2) is 53.4 Å². The van der Waals surface area contributed by atoms with Crippen molar-refractivity contribution in [2.45, 2.75) is 18.2 Å². The van der Waals surface area contributed by atoms with Gasteiger partial charge in [-0.1, -0.05) is 24.3 Å². The minimum atomic E-state index is -3.70. The molecule has 0 saturated heterocycles. The van der Waals surface area contributed by atoms with Gasteiger partial charge in [-0.05, 0) is 36.2 Å². The van der Waals surface area contributed by atoms with E-state index in [1.54, 1.807) is 48.5 Å². The van der Waals surface area contributed by atoms with E-state index in [-0.39, 0.29) is 10.8 Å². The van der Waals surface area contributed by atoms with Gasteiger partial charge < -0.3 is 10.1 Å². The zero-order valence-electron chi connectivity index (χ0n) is 13.6. The van der Waals surface area contributed by atoms with Crippen LogP contribution in [0.2, 0.25) is 0 Å². The SMILES string of the molecule is COc1ccccc1NS(=O)(=O)c1ccc(CCNC(C)=O)cc1. The van der Waals surface area contributed by atoms with Crippen LogP contribution < -0.4 is 14.8 Å². The summed E-state index contributed by atoms with van der Waals surface area (Å²) in [5, 5.41) is 2.70. The van der Waals surface area contributed by atoms with Crippen molar-refractivity contribution in [1.82, 2.24) is 5.32 Å². The van der Waals surface area contributed by atoms with Crippen LogP contribution in [0.1, 0.15) is 12.5 Å². The summed E-state index contributed by atoms with van der Waals surface area (Å²) in [6, 6.07) is 13.4. The minimum Gasteiger partial charge on any atom is -0.495 e. The zero-order valence-corrected chi connectivity index (χ0v) is 14.4. The van der Waals surface area contributed by atoms with E-state index in [9.17, 15) is 13.2 Å². The first-order chi connectivity index (χ1) is 11.4. The Labute approximate surface area is 141 Å². The van der Waals surface area contributed by atoms with Gasteiger partial charge in [0.15, 0.2) is 0 Å². The Morgan fingerprint density at radius 3 is 2.38 bits per heavy atom. The molecule has 0 spiro atoms. The number of carbonyl (C=O) groups is 1. The van der Waals surface area contributed by atoms with Crippen molar-refractivity contribution in [3.8, 4) is 5.75 Å². The summed E-state index contributed by atoms with van der Waals surface area (Å²) in [5.41, 5.74) is 1.33. The van der Waals surface area contributed by atoms with Crippen LogP contribution >= 0.6 is 0 Å². The fourth-order valence-electron chi connectivity index (χ4n) is 2.15. The van der Waals surface area contributed by atoms with E-state index >= 15 is 0 Å². The summed E-state index contributed by atoms with van der Waals surface area (Å²) >= 11 is 0. The molecule has 2 N–H and O–H groups in total. The molecular weight excluding hydrogens is 328 g/mol. The first-order valence-corrected chi connectivity index (χ1v) is 8.90. The summed E-state index contributed by atoms with van der Waals surface area (Å²) in [4.78, 5) is 11.0. The molecule has 2 rings (SSSR count). The molecule has 0 atom stereocenters. The number of sulfonamides is 1. The third-order valence-corrected chi connectivity index (χ3v) is 4.75. The minimum absolute atomic E-state index is 0.0878. The van der Waals surface area contributed by atoms with E-state index < -0.39 is 10.0 Å². The summed E-state index contributed by atoms with van der Waals surface area (Å²) in [6.07, 6.45) is 0.639. The Morgan fingerprint density at radius 2 is 1.75 bits per heavy atom. The lowest BCUT2D eigenvalue weighted by molar-refractivity contribution is -0.118. The number of hydrogen-bond donors (Lipinski definition) is 2. The van der Waals surface area contributed by atoms with Gasteiger partial charge in [-0.2, -0.15) is 0 Å². The number of methoxy groups -OCH3 is 1. The predicted octanol–water partition coefficient (Wildman–Crippen LogP) is 2.17. The van der Waals surface area contributed by atoms with Crippen molar-refractivity contribution in [2.75, 3.05) is 18.4 Å². The fourth-order valence-corrected chi connectivity index (χ4v) is 3.22. The van der Waals surface area contributed by atoms with E-state index in [0.29, 0.717) is 24.4 Å². The largest absolute Gasteiger partial charge is 0.495 e. The highest BCUT2D eigenvalue weighted by molar-refractivity contribution is 7.92. The first kappa shape index (κ1) is 17.8. The summed E-state index contributed by atoms with van der Waals surface area (Å²) in [7, 11) is -2.21. The molecule has 2 aromatic rings. The number of anilines is 1. The molecule has 7 heteroatoms. The standard InChI is InChI=1S/C17H20N2O4S/c1-13(20)18-12-11-14-7-9-15(10-8-14)24(21,22)19-16-5-3-4-6-17(16)23-2/h3-10,19H,11-12H2,1-2H3,(H,18,20). The van der Waals surface area contributed by atoms with Crippen LogP contribution in [0.3, 0.4) is 0 Å². The number of ether oxygens (including phenoxy) is 1. The maximum absolute atomic E-state index is 12.5. The second-order valence-electron chi connectivity index (χ2n) is 5.18. The van der Waals surface area contributed by atoms with Crippen molar-refractivity contribution >= 4 is 21.6 Å². The number of rotatable bonds is 7.